The second-order valence-corrected chi connectivity index (χ2v) is 6.90. The highest BCUT2D eigenvalue weighted by Gasteiger charge is 2.12. The SMILES string of the molecule is Cc1ccc(Cl)cc1NC(=O)CCn1c(=O)c2cccn2c2ccccc21. The number of nitrogens with zero attached hydrogens (tertiary/aromatic N) is 2. The molecule has 1 amide bonds. The average molecular weight is 380 g/mol. The second kappa shape index (κ2) is 6.93. The summed E-state index contributed by atoms with van der Waals surface area (Å²) in [4.78, 5) is 25.3. The quantitative estimate of drug-likeness (QED) is 0.576. The van der Waals surface area contributed by atoms with Gasteiger partial charge in [0.05, 0.1) is 11.0 Å². The summed E-state index contributed by atoms with van der Waals surface area (Å²) in [6, 6.07) is 16.7. The summed E-state index contributed by atoms with van der Waals surface area (Å²) in [5, 5.41) is 3.44. The van der Waals surface area contributed by atoms with E-state index in [0.717, 1.165) is 16.6 Å². The zero-order chi connectivity index (χ0) is 19.0. The number of fused-ring (bicyclic) bond motifs is 3. The number of hydrogen-bond acceptors (Lipinski definition) is 2. The van der Waals surface area contributed by atoms with Crippen LogP contribution in [-0.2, 0) is 11.3 Å². The number of halogens is 1. The Morgan fingerprint density at radius 1 is 1.04 bits per heavy atom. The Balaban J connectivity index is 1.63. The van der Waals surface area contributed by atoms with E-state index in [4.69, 9.17) is 11.6 Å². The number of carbonyl (C=O) groups is 1. The van der Waals surface area contributed by atoms with Crippen LogP contribution in [0, 0.1) is 6.92 Å². The van der Waals surface area contributed by atoms with Crippen molar-refractivity contribution in [1.82, 2.24) is 8.97 Å². The molecule has 4 aromatic rings. The predicted octanol–water partition coefficient (Wildman–Crippen LogP) is 4.24. The van der Waals surface area contributed by atoms with Crippen LogP contribution >= 0.6 is 11.6 Å². The Hall–Kier alpha value is -3.05. The molecular weight excluding hydrogens is 362 g/mol. The van der Waals surface area contributed by atoms with Crippen LogP contribution in [0.4, 0.5) is 5.69 Å². The molecule has 0 saturated heterocycles. The van der Waals surface area contributed by atoms with Gasteiger partial charge in [-0.1, -0.05) is 29.8 Å². The van der Waals surface area contributed by atoms with Crippen molar-refractivity contribution in [2.24, 2.45) is 0 Å². The predicted molar refractivity (Wildman–Crippen MR) is 109 cm³/mol. The molecule has 0 fully saturated rings. The lowest BCUT2D eigenvalue weighted by Crippen LogP contribution is -2.25. The fourth-order valence-corrected chi connectivity index (χ4v) is 3.46. The van der Waals surface area contributed by atoms with Crippen LogP contribution in [0.3, 0.4) is 0 Å². The third kappa shape index (κ3) is 3.22. The molecule has 0 saturated carbocycles. The molecule has 136 valence electrons. The van der Waals surface area contributed by atoms with E-state index in [2.05, 4.69) is 5.32 Å². The van der Waals surface area contributed by atoms with Gasteiger partial charge in [-0.05, 0) is 48.9 Å². The summed E-state index contributed by atoms with van der Waals surface area (Å²) in [6.07, 6.45) is 2.06. The van der Waals surface area contributed by atoms with Gasteiger partial charge in [-0.25, -0.2) is 0 Å². The minimum absolute atomic E-state index is 0.106. The Bertz CT molecular complexity index is 1220. The van der Waals surface area contributed by atoms with Crippen molar-refractivity contribution < 1.29 is 4.79 Å². The minimum atomic E-state index is -0.161. The number of aromatic nitrogens is 2. The van der Waals surface area contributed by atoms with Crippen molar-refractivity contribution in [2.45, 2.75) is 19.9 Å². The fraction of sp³-hybridized carbons (Fsp3) is 0.143. The van der Waals surface area contributed by atoms with Gasteiger partial charge in [0.1, 0.15) is 5.52 Å². The fourth-order valence-electron chi connectivity index (χ4n) is 3.29. The Morgan fingerprint density at radius 2 is 1.78 bits per heavy atom. The molecule has 2 aromatic carbocycles. The molecule has 5 nitrogen and oxygen atoms in total. The normalized spacial score (nSPS) is 11.2. The first kappa shape index (κ1) is 17.4. The molecule has 2 aromatic heterocycles. The van der Waals surface area contributed by atoms with Crippen molar-refractivity contribution in [2.75, 3.05) is 5.32 Å². The Kier molecular flexibility index (Phi) is 4.46. The molecular formula is C21H18ClN3O2. The van der Waals surface area contributed by atoms with Gasteiger partial charge in [0, 0.05) is 29.9 Å². The molecule has 0 aliphatic rings. The van der Waals surface area contributed by atoms with Crippen LogP contribution in [0.15, 0.2) is 65.6 Å². The van der Waals surface area contributed by atoms with E-state index in [1.165, 1.54) is 0 Å². The summed E-state index contributed by atoms with van der Waals surface area (Å²) in [7, 11) is 0. The third-order valence-corrected chi connectivity index (χ3v) is 4.92. The molecule has 27 heavy (non-hydrogen) atoms. The first-order valence-corrected chi connectivity index (χ1v) is 9.07. The van der Waals surface area contributed by atoms with Crippen molar-refractivity contribution in [1.29, 1.82) is 0 Å². The number of nitrogens with one attached hydrogen (secondary N) is 1. The summed E-state index contributed by atoms with van der Waals surface area (Å²) >= 11 is 6.01. The van der Waals surface area contributed by atoms with Crippen molar-refractivity contribution in [3.63, 3.8) is 0 Å². The average Bonchev–Trinajstić information content (AvgIpc) is 3.15. The number of benzene rings is 2. The third-order valence-electron chi connectivity index (χ3n) is 4.68. The van der Waals surface area contributed by atoms with Gasteiger partial charge in [-0.3, -0.25) is 9.59 Å². The van der Waals surface area contributed by atoms with E-state index in [-0.39, 0.29) is 17.9 Å². The molecule has 2 heterocycles. The maximum atomic E-state index is 12.9. The van der Waals surface area contributed by atoms with Gasteiger partial charge < -0.3 is 14.3 Å². The van der Waals surface area contributed by atoms with Crippen LogP contribution in [0.1, 0.15) is 12.0 Å². The van der Waals surface area contributed by atoms with E-state index in [0.29, 0.717) is 22.8 Å². The minimum Gasteiger partial charge on any atom is -0.326 e. The highest BCUT2D eigenvalue weighted by Crippen LogP contribution is 2.20. The molecule has 0 unspecified atom stereocenters. The molecule has 0 atom stereocenters. The van der Waals surface area contributed by atoms with Gasteiger partial charge in [0.2, 0.25) is 5.91 Å². The number of rotatable bonds is 4. The first-order chi connectivity index (χ1) is 13.0. The smallest absolute Gasteiger partial charge is 0.275 e. The van der Waals surface area contributed by atoms with Crippen LogP contribution in [0.5, 0.6) is 0 Å². The highest BCUT2D eigenvalue weighted by atomic mass is 35.5. The largest absolute Gasteiger partial charge is 0.326 e. The molecule has 0 aliphatic carbocycles. The van der Waals surface area contributed by atoms with E-state index < -0.39 is 0 Å². The lowest BCUT2D eigenvalue weighted by atomic mass is 10.2. The number of carbonyl (C=O) groups excluding carboxylic acids is 1. The maximum Gasteiger partial charge on any atom is 0.275 e. The Morgan fingerprint density at radius 3 is 2.59 bits per heavy atom. The molecule has 0 aliphatic heterocycles. The zero-order valence-electron chi connectivity index (χ0n) is 14.8. The molecule has 0 spiro atoms. The summed E-state index contributed by atoms with van der Waals surface area (Å²) in [6.45, 7) is 2.21. The number of anilines is 1. The monoisotopic (exact) mass is 379 g/mol. The second-order valence-electron chi connectivity index (χ2n) is 6.47. The Labute approximate surface area is 160 Å². The zero-order valence-corrected chi connectivity index (χ0v) is 15.5. The van der Waals surface area contributed by atoms with Gasteiger partial charge in [0.25, 0.3) is 5.56 Å². The van der Waals surface area contributed by atoms with Crippen LogP contribution in [0.2, 0.25) is 5.02 Å². The molecule has 0 bridgehead atoms. The van der Waals surface area contributed by atoms with Crippen LogP contribution < -0.4 is 10.9 Å². The van der Waals surface area contributed by atoms with Crippen LogP contribution in [-0.4, -0.2) is 14.9 Å². The number of hydrogen-bond donors (Lipinski definition) is 1. The van der Waals surface area contributed by atoms with Crippen molar-refractivity contribution in [3.8, 4) is 0 Å². The highest BCUT2D eigenvalue weighted by molar-refractivity contribution is 6.31. The van der Waals surface area contributed by atoms with E-state index in [1.807, 2.05) is 53.9 Å². The standard InChI is InChI=1S/C21H18ClN3O2/c1-14-8-9-15(22)13-16(14)23-20(26)10-12-25-18-6-3-2-5-17(18)24-11-4-7-19(24)21(25)27/h2-9,11,13H,10,12H2,1H3,(H,23,26). The van der Waals surface area contributed by atoms with E-state index in [1.54, 1.807) is 22.8 Å². The van der Waals surface area contributed by atoms with Gasteiger partial charge in [-0.2, -0.15) is 0 Å². The van der Waals surface area contributed by atoms with Gasteiger partial charge in [0.15, 0.2) is 0 Å². The maximum absolute atomic E-state index is 12.9. The topological polar surface area (TPSA) is 55.5 Å². The van der Waals surface area contributed by atoms with Crippen molar-refractivity contribution >= 4 is 39.7 Å². The summed E-state index contributed by atoms with van der Waals surface area (Å²) in [5.74, 6) is -0.161. The number of aryl methyl sites for hydroxylation is 2. The van der Waals surface area contributed by atoms with Gasteiger partial charge >= 0.3 is 0 Å². The molecule has 4 rings (SSSR count). The summed E-state index contributed by atoms with van der Waals surface area (Å²) < 4.78 is 3.54. The van der Waals surface area contributed by atoms with Gasteiger partial charge in [-0.15, -0.1) is 0 Å². The van der Waals surface area contributed by atoms with E-state index >= 15 is 0 Å². The lowest BCUT2D eigenvalue weighted by molar-refractivity contribution is -0.116. The number of amides is 1. The molecule has 6 heteroatoms. The molecule has 1 N–H and O–H groups in total. The molecule has 0 radical (unpaired) electrons. The van der Waals surface area contributed by atoms with Crippen LogP contribution in [0.25, 0.3) is 16.6 Å². The van der Waals surface area contributed by atoms with E-state index in [9.17, 15) is 9.59 Å². The number of para-hydroxylation sites is 2. The van der Waals surface area contributed by atoms with Crippen molar-refractivity contribution in [3.05, 3.63) is 81.7 Å². The lowest BCUT2D eigenvalue weighted by Gasteiger charge is -2.13. The summed E-state index contributed by atoms with van der Waals surface area (Å²) in [5.41, 5.74) is 3.85. The first-order valence-electron chi connectivity index (χ1n) is 8.69.